The number of aliphatic hydroxyl groups excluding tert-OH is 1. The maximum absolute atomic E-state index is 11.6. The number of nitrogens with one attached hydrogen (secondary N) is 1. The molecule has 1 amide bonds. The first-order valence-corrected chi connectivity index (χ1v) is 5.68. The normalized spacial score (nSPS) is 20.8. The smallest absolute Gasteiger partial charge is 0.408 e. The minimum atomic E-state index is -0.700. The Kier molecular flexibility index (Phi) is 3.80. The van der Waals surface area contributed by atoms with E-state index in [1.807, 2.05) is 0 Å². The van der Waals surface area contributed by atoms with Crippen LogP contribution in [0.15, 0.2) is 0 Å². The van der Waals surface area contributed by atoms with Gasteiger partial charge < -0.3 is 20.9 Å². The fourth-order valence-corrected chi connectivity index (χ4v) is 1.83. The number of hydrogen-bond acceptors (Lipinski definition) is 4. The highest BCUT2D eigenvalue weighted by atomic mass is 16.6. The molecule has 0 aromatic rings. The summed E-state index contributed by atoms with van der Waals surface area (Å²) in [7, 11) is 0. The van der Waals surface area contributed by atoms with Crippen molar-refractivity contribution in [2.24, 2.45) is 5.73 Å². The van der Waals surface area contributed by atoms with Crippen molar-refractivity contribution in [3.8, 4) is 0 Å². The molecule has 0 radical (unpaired) electrons. The minimum Gasteiger partial charge on any atom is -0.444 e. The van der Waals surface area contributed by atoms with Gasteiger partial charge in [-0.05, 0) is 40.0 Å². The standard InChI is InChI=1S/C11H22N2O3/c1-10(2,3)16-9(15)13-11(5-4-6-11)8(14)7-12/h8,14H,4-7,12H2,1-3H3,(H,13,15). The number of amides is 1. The molecule has 0 aromatic carbocycles. The molecule has 0 heterocycles. The average Bonchev–Trinajstić information content (AvgIpc) is 2.07. The third kappa shape index (κ3) is 3.09. The molecule has 5 nitrogen and oxygen atoms in total. The minimum absolute atomic E-state index is 0.149. The van der Waals surface area contributed by atoms with Gasteiger partial charge in [0.1, 0.15) is 5.60 Å². The highest BCUT2D eigenvalue weighted by molar-refractivity contribution is 5.69. The van der Waals surface area contributed by atoms with Gasteiger partial charge in [-0.25, -0.2) is 4.79 Å². The van der Waals surface area contributed by atoms with Gasteiger partial charge in [0.2, 0.25) is 0 Å². The number of hydrogen-bond donors (Lipinski definition) is 3. The molecule has 1 saturated carbocycles. The van der Waals surface area contributed by atoms with Crippen LogP contribution in [-0.2, 0) is 4.74 Å². The van der Waals surface area contributed by atoms with E-state index in [4.69, 9.17) is 10.5 Å². The Hall–Kier alpha value is -0.810. The van der Waals surface area contributed by atoms with Gasteiger partial charge in [0.15, 0.2) is 0 Å². The summed E-state index contributed by atoms with van der Waals surface area (Å²) in [5.74, 6) is 0. The number of nitrogens with two attached hydrogens (primary N) is 1. The lowest BCUT2D eigenvalue weighted by atomic mass is 9.72. The van der Waals surface area contributed by atoms with E-state index >= 15 is 0 Å². The Bertz CT molecular complexity index is 256. The Morgan fingerprint density at radius 2 is 2.12 bits per heavy atom. The van der Waals surface area contributed by atoms with Crippen molar-refractivity contribution in [2.45, 2.75) is 57.3 Å². The predicted molar refractivity (Wildman–Crippen MR) is 61.0 cm³/mol. The highest BCUT2D eigenvalue weighted by Gasteiger charge is 2.44. The fourth-order valence-electron chi connectivity index (χ4n) is 1.83. The first-order chi connectivity index (χ1) is 7.29. The van der Waals surface area contributed by atoms with Gasteiger partial charge in [-0.15, -0.1) is 0 Å². The maximum atomic E-state index is 11.6. The molecule has 0 aromatic heterocycles. The molecule has 1 unspecified atom stereocenters. The molecular weight excluding hydrogens is 208 g/mol. The monoisotopic (exact) mass is 230 g/mol. The number of alkyl carbamates (subject to hydrolysis) is 1. The van der Waals surface area contributed by atoms with E-state index in [1.54, 1.807) is 20.8 Å². The number of carbonyl (C=O) groups excluding carboxylic acids is 1. The first-order valence-electron chi connectivity index (χ1n) is 5.68. The second-order valence-corrected chi connectivity index (χ2v) is 5.39. The molecule has 16 heavy (non-hydrogen) atoms. The van der Waals surface area contributed by atoms with E-state index < -0.39 is 23.3 Å². The van der Waals surface area contributed by atoms with E-state index in [-0.39, 0.29) is 6.54 Å². The summed E-state index contributed by atoms with van der Waals surface area (Å²) in [6.07, 6.45) is 1.32. The molecule has 0 saturated heterocycles. The van der Waals surface area contributed by atoms with Crippen molar-refractivity contribution in [1.29, 1.82) is 0 Å². The molecule has 4 N–H and O–H groups in total. The predicted octanol–water partition coefficient (Wildman–Crippen LogP) is 0.753. The van der Waals surface area contributed by atoms with Gasteiger partial charge in [-0.2, -0.15) is 0 Å². The number of aliphatic hydroxyl groups is 1. The van der Waals surface area contributed by atoms with Gasteiger partial charge in [0.25, 0.3) is 0 Å². The van der Waals surface area contributed by atoms with Crippen LogP contribution in [0.2, 0.25) is 0 Å². The molecular formula is C11H22N2O3. The molecule has 0 spiro atoms. The lowest BCUT2D eigenvalue weighted by Gasteiger charge is -2.45. The molecule has 0 aliphatic heterocycles. The van der Waals surface area contributed by atoms with Crippen LogP contribution < -0.4 is 11.1 Å². The quantitative estimate of drug-likeness (QED) is 0.668. The van der Waals surface area contributed by atoms with Crippen molar-refractivity contribution >= 4 is 6.09 Å². The summed E-state index contributed by atoms with van der Waals surface area (Å²) < 4.78 is 5.16. The van der Waals surface area contributed by atoms with Gasteiger partial charge in [0, 0.05) is 6.54 Å². The van der Waals surface area contributed by atoms with Crippen LogP contribution >= 0.6 is 0 Å². The van der Waals surface area contributed by atoms with Crippen LogP contribution in [0.5, 0.6) is 0 Å². The van der Waals surface area contributed by atoms with E-state index in [0.29, 0.717) is 0 Å². The van der Waals surface area contributed by atoms with E-state index in [1.165, 1.54) is 0 Å². The van der Waals surface area contributed by atoms with Gasteiger partial charge in [0.05, 0.1) is 11.6 Å². The van der Waals surface area contributed by atoms with Gasteiger partial charge in [-0.1, -0.05) is 0 Å². The maximum Gasteiger partial charge on any atom is 0.408 e. The summed E-state index contributed by atoms with van der Waals surface area (Å²) in [6, 6.07) is 0. The summed E-state index contributed by atoms with van der Waals surface area (Å²) in [6.45, 7) is 5.56. The number of carbonyl (C=O) groups is 1. The molecule has 0 bridgehead atoms. The van der Waals surface area contributed by atoms with E-state index in [9.17, 15) is 9.90 Å². The van der Waals surface area contributed by atoms with Crippen molar-refractivity contribution in [1.82, 2.24) is 5.32 Å². The van der Waals surface area contributed by atoms with Crippen molar-refractivity contribution in [3.63, 3.8) is 0 Å². The second kappa shape index (κ2) is 4.59. The number of rotatable bonds is 3. The van der Waals surface area contributed by atoms with Gasteiger partial charge >= 0.3 is 6.09 Å². The van der Waals surface area contributed by atoms with Crippen LogP contribution in [0.4, 0.5) is 4.79 Å². The van der Waals surface area contributed by atoms with E-state index in [2.05, 4.69) is 5.32 Å². The fraction of sp³-hybridized carbons (Fsp3) is 0.909. The van der Waals surface area contributed by atoms with Crippen molar-refractivity contribution in [3.05, 3.63) is 0 Å². The molecule has 94 valence electrons. The van der Waals surface area contributed by atoms with E-state index in [0.717, 1.165) is 19.3 Å². The summed E-state index contributed by atoms with van der Waals surface area (Å²) in [5.41, 5.74) is 4.33. The van der Waals surface area contributed by atoms with Crippen LogP contribution in [-0.4, -0.2) is 35.0 Å². The Balaban J connectivity index is 2.54. The second-order valence-electron chi connectivity index (χ2n) is 5.39. The van der Waals surface area contributed by atoms with Crippen LogP contribution in [0.3, 0.4) is 0 Å². The van der Waals surface area contributed by atoms with Crippen molar-refractivity contribution in [2.75, 3.05) is 6.54 Å². The third-order valence-electron chi connectivity index (χ3n) is 2.86. The molecule has 1 fully saturated rings. The molecule has 1 aliphatic rings. The molecule has 1 aliphatic carbocycles. The lowest BCUT2D eigenvalue weighted by Crippen LogP contribution is -2.63. The van der Waals surface area contributed by atoms with Crippen molar-refractivity contribution < 1.29 is 14.6 Å². The summed E-state index contributed by atoms with van der Waals surface area (Å²) in [5, 5.41) is 12.5. The van der Waals surface area contributed by atoms with Crippen LogP contribution in [0.1, 0.15) is 40.0 Å². The zero-order valence-corrected chi connectivity index (χ0v) is 10.2. The molecule has 1 atom stereocenters. The lowest BCUT2D eigenvalue weighted by molar-refractivity contribution is -0.00530. The highest BCUT2D eigenvalue weighted by Crippen LogP contribution is 2.35. The molecule has 1 rings (SSSR count). The van der Waals surface area contributed by atoms with Crippen LogP contribution in [0, 0.1) is 0 Å². The Morgan fingerprint density at radius 1 is 1.56 bits per heavy atom. The average molecular weight is 230 g/mol. The Labute approximate surface area is 96.3 Å². The summed E-state index contributed by atoms with van der Waals surface area (Å²) in [4.78, 5) is 11.6. The number of ether oxygens (including phenoxy) is 1. The van der Waals surface area contributed by atoms with Gasteiger partial charge in [-0.3, -0.25) is 0 Å². The summed E-state index contributed by atoms with van der Waals surface area (Å²) >= 11 is 0. The van der Waals surface area contributed by atoms with Crippen LogP contribution in [0.25, 0.3) is 0 Å². The molecule has 5 heteroatoms. The SMILES string of the molecule is CC(C)(C)OC(=O)NC1(C(O)CN)CCC1. The zero-order valence-electron chi connectivity index (χ0n) is 10.2. The first kappa shape index (κ1) is 13.3. The third-order valence-corrected chi connectivity index (χ3v) is 2.86. The topological polar surface area (TPSA) is 84.6 Å². The Morgan fingerprint density at radius 3 is 2.44 bits per heavy atom. The largest absolute Gasteiger partial charge is 0.444 e. The zero-order chi connectivity index (χ0) is 12.4.